The largest absolute Gasteiger partial charge is 0.465 e. The third-order valence-electron chi connectivity index (χ3n) is 1.20. The second-order valence-corrected chi connectivity index (χ2v) is 2.04. The predicted molar refractivity (Wildman–Crippen MR) is 43.8 cm³/mol. The van der Waals surface area contributed by atoms with Gasteiger partial charge >= 0.3 is 5.97 Å². The van der Waals surface area contributed by atoms with Gasteiger partial charge in [-0.2, -0.15) is 0 Å². The van der Waals surface area contributed by atoms with E-state index in [1.807, 2.05) is 6.92 Å². The summed E-state index contributed by atoms with van der Waals surface area (Å²) in [6, 6.07) is 0. The van der Waals surface area contributed by atoms with Crippen molar-refractivity contribution in [1.82, 2.24) is 0 Å². The average molecular weight is 152 g/mol. The molecular formula is C9H12O2. The van der Waals surface area contributed by atoms with Crippen LogP contribution in [0, 0.1) is 12.3 Å². The van der Waals surface area contributed by atoms with Gasteiger partial charge in [0.1, 0.15) is 5.57 Å². The summed E-state index contributed by atoms with van der Waals surface area (Å²) in [4.78, 5) is 10.8. The first kappa shape index (κ1) is 9.77. The van der Waals surface area contributed by atoms with Gasteiger partial charge < -0.3 is 4.74 Å². The minimum Gasteiger partial charge on any atom is -0.465 e. The summed E-state index contributed by atoms with van der Waals surface area (Å²) >= 11 is 0. The molecule has 0 aromatic carbocycles. The van der Waals surface area contributed by atoms with Crippen LogP contribution in [0.2, 0.25) is 0 Å². The van der Waals surface area contributed by atoms with E-state index >= 15 is 0 Å². The van der Waals surface area contributed by atoms with Crippen LogP contribution in [0.1, 0.15) is 19.8 Å². The number of carbonyl (C=O) groups is 1. The molecule has 11 heavy (non-hydrogen) atoms. The van der Waals surface area contributed by atoms with Gasteiger partial charge in [0.2, 0.25) is 0 Å². The van der Waals surface area contributed by atoms with Crippen LogP contribution in [0.3, 0.4) is 0 Å². The zero-order valence-corrected chi connectivity index (χ0v) is 6.89. The molecule has 0 radical (unpaired) electrons. The first-order valence-corrected chi connectivity index (χ1v) is 3.51. The molecule has 0 aromatic heterocycles. The normalized spacial score (nSPS) is 10.5. The van der Waals surface area contributed by atoms with Crippen molar-refractivity contribution in [2.24, 2.45) is 0 Å². The molecule has 0 unspecified atom stereocenters. The quantitative estimate of drug-likeness (QED) is 0.348. The van der Waals surface area contributed by atoms with Crippen LogP contribution in [0.4, 0.5) is 0 Å². The zero-order valence-electron chi connectivity index (χ0n) is 6.89. The van der Waals surface area contributed by atoms with Crippen molar-refractivity contribution in [3.8, 4) is 12.3 Å². The summed E-state index contributed by atoms with van der Waals surface area (Å²) in [6.45, 7) is 2.02. The maximum Gasteiger partial charge on any atom is 0.346 e. The minimum atomic E-state index is -0.430. The van der Waals surface area contributed by atoms with Gasteiger partial charge in [-0.15, -0.1) is 6.42 Å². The Labute approximate surface area is 67.2 Å². The van der Waals surface area contributed by atoms with Gasteiger partial charge in [0, 0.05) is 0 Å². The molecule has 0 aliphatic rings. The number of methoxy groups -OCH3 is 1. The van der Waals surface area contributed by atoms with Gasteiger partial charge in [-0.25, -0.2) is 4.79 Å². The van der Waals surface area contributed by atoms with Crippen LogP contribution in [-0.4, -0.2) is 13.1 Å². The molecule has 0 spiro atoms. The second-order valence-electron chi connectivity index (χ2n) is 2.04. The summed E-state index contributed by atoms with van der Waals surface area (Å²) < 4.78 is 4.45. The van der Waals surface area contributed by atoms with Crippen molar-refractivity contribution < 1.29 is 9.53 Å². The zero-order chi connectivity index (χ0) is 8.69. The first-order chi connectivity index (χ1) is 5.26. The summed E-state index contributed by atoms with van der Waals surface area (Å²) in [5.41, 5.74) is 0.314. The smallest absolute Gasteiger partial charge is 0.346 e. The number of esters is 1. The highest BCUT2D eigenvalue weighted by atomic mass is 16.5. The van der Waals surface area contributed by atoms with E-state index in [9.17, 15) is 4.79 Å². The molecule has 0 bridgehead atoms. The van der Waals surface area contributed by atoms with Crippen LogP contribution in [0.25, 0.3) is 0 Å². The Bertz CT molecular complexity index is 196. The topological polar surface area (TPSA) is 26.3 Å². The van der Waals surface area contributed by atoms with Crippen LogP contribution in [-0.2, 0) is 9.53 Å². The van der Waals surface area contributed by atoms with Crippen LogP contribution < -0.4 is 0 Å². The molecular weight excluding hydrogens is 140 g/mol. The number of allylic oxidation sites excluding steroid dienone is 1. The van der Waals surface area contributed by atoms with Crippen LogP contribution >= 0.6 is 0 Å². The van der Waals surface area contributed by atoms with Gasteiger partial charge in [-0.1, -0.05) is 25.3 Å². The Morgan fingerprint density at radius 1 is 1.73 bits per heavy atom. The van der Waals surface area contributed by atoms with Crippen molar-refractivity contribution in [3.63, 3.8) is 0 Å². The maximum absolute atomic E-state index is 10.8. The standard InChI is InChI=1S/C9H12O2/c1-4-6-7-8(5-2)9(10)11-3/h2,7H,4,6H2,1,3H3/b8-7+. The van der Waals surface area contributed by atoms with E-state index in [2.05, 4.69) is 10.7 Å². The molecule has 2 heteroatoms. The summed E-state index contributed by atoms with van der Waals surface area (Å²) in [6.07, 6.45) is 8.57. The van der Waals surface area contributed by atoms with E-state index in [0.29, 0.717) is 5.57 Å². The van der Waals surface area contributed by atoms with Gasteiger partial charge in [-0.3, -0.25) is 0 Å². The molecule has 0 aromatic rings. The second kappa shape index (κ2) is 5.55. The Morgan fingerprint density at radius 3 is 2.73 bits per heavy atom. The van der Waals surface area contributed by atoms with Crippen LogP contribution in [0.15, 0.2) is 11.6 Å². The number of rotatable bonds is 3. The highest BCUT2D eigenvalue weighted by molar-refractivity contribution is 5.93. The van der Waals surface area contributed by atoms with Gasteiger partial charge in [-0.05, 0) is 6.42 Å². The molecule has 0 aliphatic heterocycles. The fourth-order valence-corrected chi connectivity index (χ4v) is 0.600. The Hall–Kier alpha value is -1.23. The van der Waals surface area contributed by atoms with E-state index in [-0.39, 0.29) is 0 Å². The molecule has 0 heterocycles. The van der Waals surface area contributed by atoms with Gasteiger partial charge in [0.25, 0.3) is 0 Å². The number of carbonyl (C=O) groups excluding carboxylic acids is 1. The lowest BCUT2D eigenvalue weighted by atomic mass is 10.2. The molecule has 0 saturated carbocycles. The van der Waals surface area contributed by atoms with Crippen molar-refractivity contribution >= 4 is 5.97 Å². The molecule has 0 amide bonds. The Morgan fingerprint density at radius 2 is 2.36 bits per heavy atom. The number of terminal acetylenes is 1. The number of ether oxygens (including phenoxy) is 1. The third-order valence-corrected chi connectivity index (χ3v) is 1.20. The maximum atomic E-state index is 10.8. The van der Waals surface area contributed by atoms with E-state index in [0.717, 1.165) is 12.8 Å². The molecule has 0 saturated heterocycles. The van der Waals surface area contributed by atoms with E-state index in [1.165, 1.54) is 7.11 Å². The molecule has 0 atom stereocenters. The molecule has 2 nitrogen and oxygen atoms in total. The number of hydrogen-bond acceptors (Lipinski definition) is 2. The van der Waals surface area contributed by atoms with Crippen molar-refractivity contribution in [1.29, 1.82) is 0 Å². The summed E-state index contributed by atoms with van der Waals surface area (Å²) in [5.74, 6) is 1.84. The van der Waals surface area contributed by atoms with E-state index < -0.39 is 5.97 Å². The number of hydrogen-bond donors (Lipinski definition) is 0. The van der Waals surface area contributed by atoms with Gasteiger partial charge in [0.15, 0.2) is 0 Å². The predicted octanol–water partition coefficient (Wildman–Crippen LogP) is 1.52. The van der Waals surface area contributed by atoms with Crippen molar-refractivity contribution in [3.05, 3.63) is 11.6 Å². The van der Waals surface area contributed by atoms with E-state index in [4.69, 9.17) is 6.42 Å². The average Bonchev–Trinajstić information content (AvgIpc) is 2.05. The Balaban J connectivity index is 4.18. The summed E-state index contributed by atoms with van der Waals surface area (Å²) in [7, 11) is 1.32. The van der Waals surface area contributed by atoms with Crippen molar-refractivity contribution in [2.45, 2.75) is 19.8 Å². The lowest BCUT2D eigenvalue weighted by Gasteiger charge is -1.95. The minimum absolute atomic E-state index is 0.314. The fourth-order valence-electron chi connectivity index (χ4n) is 0.600. The molecule has 0 rings (SSSR count). The SMILES string of the molecule is C#C/C(=C\CCC)C(=O)OC. The number of unbranched alkanes of at least 4 members (excludes halogenated alkanes) is 1. The molecule has 0 aliphatic carbocycles. The van der Waals surface area contributed by atoms with Gasteiger partial charge in [0.05, 0.1) is 7.11 Å². The molecule has 60 valence electrons. The monoisotopic (exact) mass is 152 g/mol. The fraction of sp³-hybridized carbons (Fsp3) is 0.444. The lowest BCUT2D eigenvalue weighted by Crippen LogP contribution is -2.02. The van der Waals surface area contributed by atoms with Crippen molar-refractivity contribution in [2.75, 3.05) is 7.11 Å². The highest BCUT2D eigenvalue weighted by Crippen LogP contribution is 1.99. The molecule has 0 fully saturated rings. The summed E-state index contributed by atoms with van der Waals surface area (Å²) in [5, 5.41) is 0. The first-order valence-electron chi connectivity index (χ1n) is 3.51. The highest BCUT2D eigenvalue weighted by Gasteiger charge is 2.03. The lowest BCUT2D eigenvalue weighted by molar-refractivity contribution is -0.135. The van der Waals surface area contributed by atoms with Crippen LogP contribution in [0.5, 0.6) is 0 Å². The Kier molecular flexibility index (Phi) is 4.93. The van der Waals surface area contributed by atoms with E-state index in [1.54, 1.807) is 6.08 Å². The third kappa shape index (κ3) is 3.47. The molecule has 0 N–H and O–H groups in total.